The number of allylic oxidation sites excluding steroid dienone is 4. The van der Waals surface area contributed by atoms with Crippen molar-refractivity contribution in [1.29, 1.82) is 0 Å². The first kappa shape index (κ1) is 52.3. The van der Waals surface area contributed by atoms with Gasteiger partial charge in [0.1, 0.15) is 43.2 Å². The number of phosphoric acid groups is 1. The van der Waals surface area contributed by atoms with Gasteiger partial charge in [0.2, 0.25) is 0 Å². The molecule has 6 N–H and O–H groups in total. The number of aliphatic hydroxyl groups is 5. The molecule has 56 heavy (non-hydrogen) atoms. The highest BCUT2D eigenvalue weighted by Gasteiger charge is 2.51. The van der Waals surface area contributed by atoms with Gasteiger partial charge in [-0.3, -0.25) is 18.6 Å². The molecule has 13 nitrogen and oxygen atoms in total. The fourth-order valence-electron chi connectivity index (χ4n) is 6.49. The van der Waals surface area contributed by atoms with Crippen molar-refractivity contribution in [3.05, 3.63) is 24.3 Å². The van der Waals surface area contributed by atoms with Gasteiger partial charge >= 0.3 is 19.8 Å². The fraction of sp³-hybridized carbons (Fsp3) is 0.857. The number of esters is 2. The molecule has 6 unspecified atom stereocenters. The number of hydrogen-bond donors (Lipinski definition) is 6. The van der Waals surface area contributed by atoms with E-state index in [9.17, 15) is 44.6 Å². The largest absolute Gasteiger partial charge is 0.472 e. The lowest BCUT2D eigenvalue weighted by Crippen LogP contribution is -2.64. The van der Waals surface area contributed by atoms with Crippen LogP contribution in [0.4, 0.5) is 0 Å². The summed E-state index contributed by atoms with van der Waals surface area (Å²) in [4.78, 5) is 35.5. The lowest BCUT2D eigenvalue weighted by molar-refractivity contribution is -0.220. The Morgan fingerprint density at radius 3 is 1.48 bits per heavy atom. The van der Waals surface area contributed by atoms with Gasteiger partial charge in [-0.1, -0.05) is 141 Å². The molecule has 1 saturated carbocycles. The Bertz CT molecular complexity index is 1090. The Kier molecular flexibility index (Phi) is 31.0. The molecule has 328 valence electrons. The zero-order valence-corrected chi connectivity index (χ0v) is 35.3. The second-order valence-electron chi connectivity index (χ2n) is 15.2. The molecule has 0 aliphatic heterocycles. The molecular weight excluding hydrogens is 743 g/mol. The predicted molar refractivity (Wildman–Crippen MR) is 217 cm³/mol. The van der Waals surface area contributed by atoms with Crippen LogP contribution in [0.25, 0.3) is 0 Å². The first-order chi connectivity index (χ1) is 26.9. The van der Waals surface area contributed by atoms with Crippen LogP contribution in [0, 0.1) is 0 Å². The zero-order chi connectivity index (χ0) is 41.4. The molecular formula is C42H77O13P. The first-order valence-corrected chi connectivity index (χ1v) is 23.1. The predicted octanol–water partition coefficient (Wildman–Crippen LogP) is 7.67. The van der Waals surface area contributed by atoms with Gasteiger partial charge in [-0.05, 0) is 44.9 Å². The van der Waals surface area contributed by atoms with Crippen molar-refractivity contribution in [3.63, 3.8) is 0 Å². The maximum Gasteiger partial charge on any atom is 0.472 e. The molecule has 1 aliphatic rings. The highest BCUT2D eigenvalue weighted by Crippen LogP contribution is 2.47. The molecule has 0 spiro atoms. The van der Waals surface area contributed by atoms with E-state index in [0.29, 0.717) is 12.8 Å². The summed E-state index contributed by atoms with van der Waals surface area (Å²) in [6.07, 6.45) is 21.2. The van der Waals surface area contributed by atoms with Crippen LogP contribution in [0.2, 0.25) is 0 Å². The molecule has 8 atom stereocenters. The number of rotatable bonds is 35. The summed E-state index contributed by atoms with van der Waals surface area (Å²) in [7, 11) is -5.11. The van der Waals surface area contributed by atoms with Crippen LogP contribution in [-0.2, 0) is 32.7 Å². The second-order valence-corrected chi connectivity index (χ2v) is 16.6. The molecule has 1 aliphatic carbocycles. The number of ether oxygens (including phenoxy) is 2. The Balaban J connectivity index is 2.41. The summed E-state index contributed by atoms with van der Waals surface area (Å²) in [6.45, 7) is 3.21. The number of unbranched alkanes of at least 4 members (excludes halogenated alkanes) is 19. The minimum atomic E-state index is -5.11. The van der Waals surface area contributed by atoms with Gasteiger partial charge in [0, 0.05) is 12.8 Å². The highest BCUT2D eigenvalue weighted by molar-refractivity contribution is 7.47. The molecule has 0 amide bonds. The Morgan fingerprint density at radius 1 is 0.554 bits per heavy atom. The van der Waals surface area contributed by atoms with Gasteiger partial charge in [-0.2, -0.15) is 0 Å². The standard InChI is InChI=1S/C42H77O13P/c1-3-5-7-9-11-13-14-15-16-17-18-19-20-21-22-23-25-26-28-30-35(43)52-32-34(54-36(44)31-29-27-24-12-10-8-6-4-2)33-53-56(50,51)55-42-40(48)38(46)37(45)39(47)41(42)49/h11,13,15-16,34,37-42,45-49H,3-10,12,14,17-33H2,1-2H3,(H,50,51)/b13-11+,16-15+/t34-,37?,38-,39?,40?,41?,42?/m0/s1. The third kappa shape index (κ3) is 25.6. The third-order valence-corrected chi connectivity index (χ3v) is 11.0. The van der Waals surface area contributed by atoms with Crippen molar-refractivity contribution in [1.82, 2.24) is 0 Å². The van der Waals surface area contributed by atoms with E-state index in [4.69, 9.17) is 18.5 Å². The maximum absolute atomic E-state index is 12.7. The lowest BCUT2D eigenvalue weighted by Gasteiger charge is -2.41. The van der Waals surface area contributed by atoms with E-state index < -0.39 is 75.7 Å². The normalized spacial score (nSPS) is 23.1. The van der Waals surface area contributed by atoms with Crippen molar-refractivity contribution in [2.24, 2.45) is 0 Å². The van der Waals surface area contributed by atoms with Crippen LogP contribution in [-0.4, -0.2) is 98.3 Å². The minimum Gasteiger partial charge on any atom is -0.462 e. The Morgan fingerprint density at radius 2 is 0.964 bits per heavy atom. The van der Waals surface area contributed by atoms with E-state index in [1.807, 2.05) is 0 Å². The number of carbonyl (C=O) groups excluding carboxylic acids is 2. The molecule has 1 fully saturated rings. The Labute approximate surface area is 336 Å². The lowest BCUT2D eigenvalue weighted by atomic mass is 9.85. The van der Waals surface area contributed by atoms with Crippen molar-refractivity contribution >= 4 is 19.8 Å². The van der Waals surface area contributed by atoms with Gasteiger partial charge in [0.05, 0.1) is 6.61 Å². The summed E-state index contributed by atoms with van der Waals surface area (Å²) >= 11 is 0. The molecule has 0 aromatic carbocycles. The quantitative estimate of drug-likeness (QED) is 0.0157. The van der Waals surface area contributed by atoms with E-state index >= 15 is 0 Å². The maximum atomic E-state index is 12.7. The average molecular weight is 821 g/mol. The first-order valence-electron chi connectivity index (χ1n) is 21.6. The smallest absolute Gasteiger partial charge is 0.462 e. The molecule has 0 aromatic rings. The SMILES string of the molecule is CCCCC/C=C/C/C=C/CCCCCCCCCCCC(=O)OC[C@@H](COP(=O)(O)OC1C(O)C(O)C(O)[C@H](O)C1O)OC(=O)CCCCCCCCCC. The average Bonchev–Trinajstić information content (AvgIpc) is 3.18. The molecule has 14 heteroatoms. The zero-order valence-electron chi connectivity index (χ0n) is 34.4. The minimum absolute atomic E-state index is 0.0972. The van der Waals surface area contributed by atoms with Gasteiger partial charge in [0.15, 0.2) is 6.10 Å². The number of phosphoric ester groups is 1. The van der Waals surface area contributed by atoms with Crippen molar-refractivity contribution in [2.45, 2.75) is 217 Å². The number of aliphatic hydroxyl groups excluding tert-OH is 5. The van der Waals surface area contributed by atoms with E-state index in [1.165, 1.54) is 70.6 Å². The van der Waals surface area contributed by atoms with E-state index in [2.05, 4.69) is 38.2 Å². The van der Waals surface area contributed by atoms with Crippen molar-refractivity contribution in [2.75, 3.05) is 13.2 Å². The van der Waals surface area contributed by atoms with Gasteiger partial charge in [-0.15, -0.1) is 0 Å². The van der Waals surface area contributed by atoms with Crippen LogP contribution < -0.4 is 0 Å². The Hall–Kier alpha value is -1.67. The molecule has 0 saturated heterocycles. The van der Waals surface area contributed by atoms with Crippen LogP contribution in [0.1, 0.15) is 174 Å². The summed E-state index contributed by atoms with van der Waals surface area (Å²) in [5.41, 5.74) is 0. The van der Waals surface area contributed by atoms with Gasteiger partial charge in [0.25, 0.3) is 0 Å². The van der Waals surface area contributed by atoms with Crippen LogP contribution in [0.5, 0.6) is 0 Å². The topological polar surface area (TPSA) is 210 Å². The summed E-state index contributed by atoms with van der Waals surface area (Å²) in [5.74, 6) is -1.11. The van der Waals surface area contributed by atoms with E-state index in [-0.39, 0.29) is 12.8 Å². The molecule has 0 radical (unpaired) electrons. The van der Waals surface area contributed by atoms with E-state index in [1.54, 1.807) is 0 Å². The highest BCUT2D eigenvalue weighted by atomic mass is 31.2. The summed E-state index contributed by atoms with van der Waals surface area (Å²) in [6, 6.07) is 0. The molecule has 0 bridgehead atoms. The fourth-order valence-corrected chi connectivity index (χ4v) is 7.47. The van der Waals surface area contributed by atoms with Crippen LogP contribution in [0.3, 0.4) is 0 Å². The molecule has 0 heterocycles. The van der Waals surface area contributed by atoms with E-state index in [0.717, 1.165) is 64.2 Å². The number of hydrogen-bond acceptors (Lipinski definition) is 12. The van der Waals surface area contributed by atoms with Crippen molar-refractivity contribution in [3.8, 4) is 0 Å². The molecule has 0 aromatic heterocycles. The number of carbonyl (C=O) groups is 2. The van der Waals surface area contributed by atoms with Gasteiger partial charge in [-0.25, -0.2) is 4.57 Å². The summed E-state index contributed by atoms with van der Waals surface area (Å²) in [5, 5.41) is 50.0. The monoisotopic (exact) mass is 821 g/mol. The summed E-state index contributed by atoms with van der Waals surface area (Å²) < 4.78 is 33.3. The van der Waals surface area contributed by atoms with Crippen LogP contribution in [0.15, 0.2) is 24.3 Å². The second kappa shape index (κ2) is 33.2. The van der Waals surface area contributed by atoms with Crippen LogP contribution >= 0.6 is 7.82 Å². The van der Waals surface area contributed by atoms with Crippen molar-refractivity contribution < 1.29 is 63.1 Å². The third-order valence-electron chi connectivity index (χ3n) is 10.0. The van der Waals surface area contributed by atoms with Gasteiger partial charge < -0.3 is 39.9 Å². The molecule has 1 rings (SSSR count).